The molecule has 3 aromatic rings. The van der Waals surface area contributed by atoms with Crippen molar-refractivity contribution >= 4 is 28.1 Å². The van der Waals surface area contributed by atoms with E-state index in [1.165, 1.54) is 0 Å². The molecule has 0 fully saturated rings. The van der Waals surface area contributed by atoms with E-state index in [1.807, 2.05) is 43.3 Å². The first-order valence-electron chi connectivity index (χ1n) is 8.03. The normalized spacial score (nSPS) is 10.5. The van der Waals surface area contributed by atoms with E-state index in [9.17, 15) is 4.79 Å². The van der Waals surface area contributed by atoms with Crippen molar-refractivity contribution in [2.24, 2.45) is 0 Å². The highest BCUT2D eigenvalue weighted by Crippen LogP contribution is 2.29. The molecule has 0 radical (unpaired) electrons. The number of amides is 1. The van der Waals surface area contributed by atoms with Crippen molar-refractivity contribution < 1.29 is 14.3 Å². The minimum Gasteiger partial charge on any atom is -0.496 e. The summed E-state index contributed by atoms with van der Waals surface area (Å²) in [5.41, 5.74) is 7.44. The predicted molar refractivity (Wildman–Crippen MR) is 100 cm³/mol. The number of hydrogen-bond donors (Lipinski definition) is 2. The fourth-order valence-electron chi connectivity index (χ4n) is 2.67. The Morgan fingerprint density at radius 2 is 1.80 bits per heavy atom. The number of nitrogen functional groups attached to an aromatic ring is 1. The molecule has 0 atom stereocenters. The number of carbonyl (C=O) groups is 1. The van der Waals surface area contributed by atoms with Crippen molar-refractivity contribution in [2.45, 2.75) is 6.92 Å². The van der Waals surface area contributed by atoms with Gasteiger partial charge in [-0.15, -0.1) is 0 Å². The smallest absolute Gasteiger partial charge is 0.259 e. The molecule has 0 heterocycles. The van der Waals surface area contributed by atoms with Gasteiger partial charge in [-0.2, -0.15) is 0 Å². The number of rotatable bonds is 5. The maximum atomic E-state index is 12.7. The van der Waals surface area contributed by atoms with Gasteiger partial charge in [-0.05, 0) is 42.0 Å². The van der Waals surface area contributed by atoms with Crippen molar-refractivity contribution in [3.8, 4) is 11.5 Å². The van der Waals surface area contributed by atoms with Gasteiger partial charge in [0.25, 0.3) is 5.91 Å². The second-order valence-electron chi connectivity index (χ2n) is 5.54. The van der Waals surface area contributed by atoms with Gasteiger partial charge in [0.2, 0.25) is 0 Å². The second-order valence-corrected chi connectivity index (χ2v) is 5.54. The highest BCUT2D eigenvalue weighted by Gasteiger charge is 2.15. The van der Waals surface area contributed by atoms with E-state index in [-0.39, 0.29) is 5.91 Å². The van der Waals surface area contributed by atoms with Gasteiger partial charge in [0.05, 0.1) is 30.7 Å². The van der Waals surface area contributed by atoms with Crippen molar-refractivity contribution in [1.82, 2.24) is 0 Å². The van der Waals surface area contributed by atoms with E-state index in [0.29, 0.717) is 35.0 Å². The first-order chi connectivity index (χ1) is 12.1. The molecule has 25 heavy (non-hydrogen) atoms. The number of carbonyl (C=O) groups excluding carboxylic acids is 1. The number of nitrogens with one attached hydrogen (secondary N) is 1. The van der Waals surface area contributed by atoms with Gasteiger partial charge < -0.3 is 20.5 Å². The summed E-state index contributed by atoms with van der Waals surface area (Å²) in [6.07, 6.45) is 0. The molecule has 0 aliphatic heterocycles. The first kappa shape index (κ1) is 16.6. The van der Waals surface area contributed by atoms with Gasteiger partial charge in [0, 0.05) is 6.07 Å². The summed E-state index contributed by atoms with van der Waals surface area (Å²) in [7, 11) is 1.55. The monoisotopic (exact) mass is 336 g/mol. The summed E-state index contributed by atoms with van der Waals surface area (Å²) >= 11 is 0. The lowest BCUT2D eigenvalue weighted by atomic mass is 10.1. The fraction of sp³-hybridized carbons (Fsp3) is 0.150. The van der Waals surface area contributed by atoms with Crippen molar-refractivity contribution in [3.63, 3.8) is 0 Å². The van der Waals surface area contributed by atoms with Gasteiger partial charge >= 0.3 is 0 Å². The minimum atomic E-state index is -0.279. The molecule has 0 aromatic heterocycles. The lowest BCUT2D eigenvalue weighted by Gasteiger charge is -2.13. The summed E-state index contributed by atoms with van der Waals surface area (Å²) in [5, 5.41) is 4.81. The minimum absolute atomic E-state index is 0.279. The quantitative estimate of drug-likeness (QED) is 0.689. The third kappa shape index (κ3) is 3.50. The molecule has 0 aliphatic carbocycles. The van der Waals surface area contributed by atoms with E-state index >= 15 is 0 Å². The van der Waals surface area contributed by atoms with Crippen LogP contribution in [0.15, 0.2) is 54.6 Å². The van der Waals surface area contributed by atoms with E-state index in [2.05, 4.69) is 5.32 Å². The number of methoxy groups -OCH3 is 1. The summed E-state index contributed by atoms with van der Waals surface area (Å²) in [6.45, 7) is 2.46. The lowest BCUT2D eigenvalue weighted by molar-refractivity contribution is 0.102. The molecule has 1 amide bonds. The molecule has 0 saturated carbocycles. The van der Waals surface area contributed by atoms with Crippen LogP contribution in [0, 0.1) is 0 Å². The predicted octanol–water partition coefficient (Wildman–Crippen LogP) is 4.08. The number of fused-ring (bicyclic) bond motifs is 1. The Labute approximate surface area is 146 Å². The number of anilines is 2. The van der Waals surface area contributed by atoms with Crippen LogP contribution in [-0.4, -0.2) is 19.6 Å². The van der Waals surface area contributed by atoms with Crippen molar-refractivity contribution in [3.05, 3.63) is 60.2 Å². The maximum Gasteiger partial charge on any atom is 0.259 e. The molecular formula is C20H20N2O3. The Hall–Kier alpha value is -3.21. The molecule has 0 saturated heterocycles. The molecule has 0 bridgehead atoms. The molecule has 5 nitrogen and oxygen atoms in total. The number of ether oxygens (including phenoxy) is 2. The van der Waals surface area contributed by atoms with Gasteiger partial charge in [0.1, 0.15) is 11.5 Å². The van der Waals surface area contributed by atoms with Crippen LogP contribution in [0.1, 0.15) is 17.3 Å². The number of hydrogen-bond acceptors (Lipinski definition) is 4. The summed E-state index contributed by atoms with van der Waals surface area (Å²) in [6, 6.07) is 16.7. The van der Waals surface area contributed by atoms with E-state index in [4.69, 9.17) is 15.2 Å². The molecule has 3 rings (SSSR count). The third-order valence-corrected chi connectivity index (χ3v) is 3.89. The van der Waals surface area contributed by atoms with Crippen LogP contribution in [0.5, 0.6) is 11.5 Å². The maximum absolute atomic E-state index is 12.7. The molecule has 0 unspecified atom stereocenters. The largest absolute Gasteiger partial charge is 0.496 e. The van der Waals surface area contributed by atoms with Crippen LogP contribution in [0.2, 0.25) is 0 Å². The van der Waals surface area contributed by atoms with Crippen molar-refractivity contribution in [1.29, 1.82) is 0 Å². The summed E-state index contributed by atoms with van der Waals surface area (Å²) in [4.78, 5) is 12.7. The highest BCUT2D eigenvalue weighted by molar-refractivity contribution is 6.09. The van der Waals surface area contributed by atoms with Crippen LogP contribution < -0.4 is 20.5 Å². The number of nitrogens with two attached hydrogens (primary N) is 1. The standard InChI is InChI=1S/C20H20N2O3/c1-3-25-15-8-9-18(17(21)12-15)22-20(23)16-10-13-6-4-5-7-14(13)11-19(16)24-2/h4-12H,3,21H2,1-2H3,(H,22,23). The zero-order chi connectivity index (χ0) is 17.8. The topological polar surface area (TPSA) is 73.6 Å². The molecule has 0 aliphatic rings. The fourth-order valence-corrected chi connectivity index (χ4v) is 2.67. The summed E-state index contributed by atoms with van der Waals surface area (Å²) in [5.74, 6) is 0.903. The van der Waals surface area contributed by atoms with E-state index in [1.54, 1.807) is 25.3 Å². The number of benzene rings is 3. The zero-order valence-corrected chi connectivity index (χ0v) is 14.2. The molecule has 3 N–H and O–H groups in total. The average molecular weight is 336 g/mol. The molecule has 128 valence electrons. The zero-order valence-electron chi connectivity index (χ0n) is 14.2. The first-order valence-corrected chi connectivity index (χ1v) is 8.03. The van der Waals surface area contributed by atoms with E-state index in [0.717, 1.165) is 10.8 Å². The SMILES string of the molecule is CCOc1ccc(NC(=O)c2cc3ccccc3cc2OC)c(N)c1. The van der Waals surface area contributed by atoms with E-state index < -0.39 is 0 Å². The van der Waals surface area contributed by atoms with Crippen LogP contribution in [0.25, 0.3) is 10.8 Å². The molecular weight excluding hydrogens is 316 g/mol. The van der Waals surface area contributed by atoms with Crippen LogP contribution >= 0.6 is 0 Å². The third-order valence-electron chi connectivity index (χ3n) is 3.89. The molecule has 0 spiro atoms. The van der Waals surface area contributed by atoms with Crippen LogP contribution in [-0.2, 0) is 0 Å². The van der Waals surface area contributed by atoms with Crippen molar-refractivity contribution in [2.75, 3.05) is 24.8 Å². The van der Waals surface area contributed by atoms with Gasteiger partial charge in [-0.1, -0.05) is 24.3 Å². The highest BCUT2D eigenvalue weighted by atomic mass is 16.5. The van der Waals surface area contributed by atoms with Crippen LogP contribution in [0.4, 0.5) is 11.4 Å². The lowest BCUT2D eigenvalue weighted by Crippen LogP contribution is -2.14. The molecule has 3 aromatic carbocycles. The average Bonchev–Trinajstić information content (AvgIpc) is 2.63. The van der Waals surface area contributed by atoms with Gasteiger partial charge in [0.15, 0.2) is 0 Å². The van der Waals surface area contributed by atoms with Gasteiger partial charge in [-0.25, -0.2) is 0 Å². The Morgan fingerprint density at radius 1 is 1.08 bits per heavy atom. The van der Waals surface area contributed by atoms with Gasteiger partial charge in [-0.3, -0.25) is 4.79 Å². The Bertz CT molecular complexity index is 922. The Kier molecular flexibility index (Phi) is 4.75. The second kappa shape index (κ2) is 7.13. The Morgan fingerprint density at radius 3 is 2.44 bits per heavy atom. The molecule has 5 heteroatoms. The Balaban J connectivity index is 1.92. The summed E-state index contributed by atoms with van der Waals surface area (Å²) < 4.78 is 10.8. The van der Waals surface area contributed by atoms with Crippen LogP contribution in [0.3, 0.4) is 0 Å².